The smallest absolute Gasteiger partial charge is 0.243 e. The number of methoxy groups -OCH3 is 4. The first-order valence-corrected chi connectivity index (χ1v) is 8.54. The molecule has 29 heavy (non-hydrogen) atoms. The van der Waals surface area contributed by atoms with Crippen LogP contribution in [-0.4, -0.2) is 52.1 Å². The normalized spacial score (nSPS) is 11.8. The second-order valence-electron chi connectivity index (χ2n) is 5.75. The van der Waals surface area contributed by atoms with Crippen LogP contribution in [0, 0.1) is 0 Å². The average molecular weight is 404 g/mol. The number of rotatable bonds is 9. The van der Waals surface area contributed by atoms with Gasteiger partial charge in [0.2, 0.25) is 11.7 Å². The Hall–Kier alpha value is -3.37. The molecule has 0 bridgehead atoms. The summed E-state index contributed by atoms with van der Waals surface area (Å²) >= 11 is 0. The second kappa shape index (κ2) is 10.2. The lowest BCUT2D eigenvalue weighted by Crippen LogP contribution is -2.38. The number of nitrogens with two attached hydrogens (primary N) is 1. The van der Waals surface area contributed by atoms with Crippen LogP contribution in [0.25, 0.3) is 0 Å². The molecule has 0 radical (unpaired) electrons. The van der Waals surface area contributed by atoms with Crippen molar-refractivity contribution >= 4 is 23.0 Å². The lowest BCUT2D eigenvalue weighted by atomic mass is 10.2. The Morgan fingerprint density at radius 2 is 1.55 bits per heavy atom. The Morgan fingerprint density at radius 1 is 0.966 bits per heavy atom. The summed E-state index contributed by atoms with van der Waals surface area (Å²) in [5, 5.41) is 20.0. The van der Waals surface area contributed by atoms with E-state index in [4.69, 9.17) is 29.8 Å². The number of hydrogen-bond donors (Lipinski definition) is 3. The van der Waals surface area contributed by atoms with E-state index in [-0.39, 0.29) is 0 Å². The summed E-state index contributed by atoms with van der Waals surface area (Å²) in [6, 6.07) is 7.12. The van der Waals surface area contributed by atoms with Crippen LogP contribution in [0.3, 0.4) is 0 Å². The van der Waals surface area contributed by atoms with Gasteiger partial charge in [-0.25, -0.2) is 0 Å². The van der Waals surface area contributed by atoms with Crippen molar-refractivity contribution in [3.05, 3.63) is 30.3 Å². The minimum Gasteiger partial charge on any atom is -0.495 e. The van der Waals surface area contributed by atoms with Gasteiger partial charge in [-0.15, -0.1) is 0 Å². The summed E-state index contributed by atoms with van der Waals surface area (Å²) < 4.78 is 21.1. The summed E-state index contributed by atoms with van der Waals surface area (Å²) in [5.41, 5.74) is 6.80. The molecule has 0 unspecified atom stereocenters. The number of benzene rings is 2. The highest BCUT2D eigenvalue weighted by Gasteiger charge is 2.15. The fourth-order valence-corrected chi connectivity index (χ4v) is 2.40. The molecule has 0 aliphatic heterocycles. The first kappa shape index (κ1) is 21.9. The summed E-state index contributed by atoms with van der Waals surface area (Å²) in [6.07, 6.45) is 0. The number of carbonyl (C=O) groups is 1. The molecule has 2 aromatic rings. The van der Waals surface area contributed by atoms with Gasteiger partial charge in [-0.2, -0.15) is 10.2 Å². The predicted octanol–water partition coefficient (Wildman–Crippen LogP) is 2.39. The number of azo groups is 1. The zero-order valence-corrected chi connectivity index (χ0v) is 16.6. The van der Waals surface area contributed by atoms with E-state index in [9.17, 15) is 4.79 Å². The predicted molar refractivity (Wildman–Crippen MR) is 107 cm³/mol. The number of aliphatic hydroxyl groups is 1. The van der Waals surface area contributed by atoms with Gasteiger partial charge in [-0.05, 0) is 18.2 Å². The molecule has 0 spiro atoms. The SMILES string of the molecule is COc1ccc(N=Nc2cc(OC)c(OC)c(OC)c2)cc1NC(=O)[C@@H](N)CO. The van der Waals surface area contributed by atoms with Gasteiger partial charge in [0.15, 0.2) is 11.5 Å². The molecule has 156 valence electrons. The molecule has 0 aliphatic rings. The lowest BCUT2D eigenvalue weighted by molar-refractivity contribution is -0.118. The van der Waals surface area contributed by atoms with Crippen molar-refractivity contribution < 1.29 is 28.8 Å². The van der Waals surface area contributed by atoms with Crippen LogP contribution >= 0.6 is 0 Å². The average Bonchev–Trinajstić information content (AvgIpc) is 2.76. The highest BCUT2D eigenvalue weighted by molar-refractivity contribution is 5.96. The molecule has 1 amide bonds. The van der Waals surface area contributed by atoms with Gasteiger partial charge < -0.3 is 35.1 Å². The number of anilines is 1. The van der Waals surface area contributed by atoms with Gasteiger partial charge in [0.05, 0.1) is 52.1 Å². The summed E-state index contributed by atoms with van der Waals surface area (Å²) in [4.78, 5) is 12.0. The van der Waals surface area contributed by atoms with E-state index in [1.54, 1.807) is 30.3 Å². The number of nitrogens with one attached hydrogen (secondary N) is 1. The third kappa shape index (κ3) is 5.33. The molecule has 10 nitrogen and oxygen atoms in total. The minimum atomic E-state index is -1.05. The maximum Gasteiger partial charge on any atom is 0.243 e. The third-order valence-corrected chi connectivity index (χ3v) is 3.90. The molecule has 0 saturated carbocycles. The Morgan fingerprint density at radius 3 is 2.07 bits per heavy atom. The lowest BCUT2D eigenvalue weighted by Gasteiger charge is -2.13. The fourth-order valence-electron chi connectivity index (χ4n) is 2.40. The first-order valence-electron chi connectivity index (χ1n) is 8.54. The van der Waals surface area contributed by atoms with Crippen molar-refractivity contribution in [3.63, 3.8) is 0 Å². The van der Waals surface area contributed by atoms with Gasteiger partial charge in [0, 0.05) is 12.1 Å². The monoisotopic (exact) mass is 404 g/mol. The van der Waals surface area contributed by atoms with Crippen LogP contribution in [0.1, 0.15) is 0 Å². The van der Waals surface area contributed by atoms with E-state index < -0.39 is 18.6 Å². The molecule has 4 N–H and O–H groups in total. The standard InChI is InChI=1S/C19H24N4O6/c1-26-15-6-5-11(7-14(15)21-19(25)13(20)10-24)22-23-12-8-16(27-2)18(29-4)17(9-12)28-3/h5-9,13,24H,10,20H2,1-4H3,(H,21,25)/t13-/m0/s1. The van der Waals surface area contributed by atoms with Gasteiger partial charge in [0.1, 0.15) is 11.8 Å². The van der Waals surface area contributed by atoms with Gasteiger partial charge in [-0.1, -0.05) is 0 Å². The number of amides is 1. The fraction of sp³-hybridized carbons (Fsp3) is 0.316. The topological polar surface area (TPSA) is 137 Å². The van der Waals surface area contributed by atoms with Crippen molar-refractivity contribution in [2.24, 2.45) is 16.0 Å². The number of aliphatic hydroxyl groups excluding tert-OH is 1. The third-order valence-electron chi connectivity index (χ3n) is 3.90. The number of ether oxygens (including phenoxy) is 4. The summed E-state index contributed by atoms with van der Waals surface area (Å²) in [6.45, 7) is -0.477. The second-order valence-corrected chi connectivity index (χ2v) is 5.75. The summed E-state index contributed by atoms with van der Waals surface area (Å²) in [5.74, 6) is 1.20. The van der Waals surface area contributed by atoms with E-state index in [0.717, 1.165) is 0 Å². The van der Waals surface area contributed by atoms with Gasteiger partial charge in [-0.3, -0.25) is 4.79 Å². The van der Waals surface area contributed by atoms with Crippen molar-refractivity contribution in [2.45, 2.75) is 6.04 Å². The van der Waals surface area contributed by atoms with E-state index in [1.165, 1.54) is 28.4 Å². The minimum absolute atomic E-state index is 0.350. The number of nitrogens with zero attached hydrogens (tertiary/aromatic N) is 2. The molecule has 0 fully saturated rings. The van der Waals surface area contributed by atoms with Crippen molar-refractivity contribution in [1.29, 1.82) is 0 Å². The molecule has 0 heterocycles. The largest absolute Gasteiger partial charge is 0.495 e. The van der Waals surface area contributed by atoms with Crippen LogP contribution in [-0.2, 0) is 4.79 Å². The van der Waals surface area contributed by atoms with E-state index in [2.05, 4.69) is 15.5 Å². The Kier molecular flexibility index (Phi) is 7.75. The highest BCUT2D eigenvalue weighted by Crippen LogP contribution is 2.41. The van der Waals surface area contributed by atoms with E-state index in [0.29, 0.717) is 40.1 Å². The van der Waals surface area contributed by atoms with Crippen LogP contribution in [0.2, 0.25) is 0 Å². The Balaban J connectivity index is 2.33. The van der Waals surface area contributed by atoms with Crippen molar-refractivity contribution in [1.82, 2.24) is 0 Å². The Labute approximate surface area is 168 Å². The molecule has 2 rings (SSSR count). The van der Waals surface area contributed by atoms with E-state index in [1.807, 2.05) is 0 Å². The van der Waals surface area contributed by atoms with Crippen LogP contribution in [0.4, 0.5) is 17.1 Å². The molecule has 0 aliphatic carbocycles. The quantitative estimate of drug-likeness (QED) is 0.546. The Bertz CT molecular complexity index is 862. The number of carbonyl (C=O) groups excluding carboxylic acids is 1. The molecule has 0 aromatic heterocycles. The number of hydrogen-bond acceptors (Lipinski definition) is 9. The van der Waals surface area contributed by atoms with Gasteiger partial charge in [0.25, 0.3) is 0 Å². The first-order chi connectivity index (χ1) is 14.0. The molecule has 1 atom stereocenters. The van der Waals surface area contributed by atoms with Crippen LogP contribution in [0.5, 0.6) is 23.0 Å². The summed E-state index contributed by atoms with van der Waals surface area (Å²) in [7, 11) is 5.99. The van der Waals surface area contributed by atoms with Crippen molar-refractivity contribution in [2.75, 3.05) is 40.4 Å². The van der Waals surface area contributed by atoms with Crippen molar-refractivity contribution in [3.8, 4) is 23.0 Å². The maximum atomic E-state index is 12.0. The molecular formula is C19H24N4O6. The van der Waals surface area contributed by atoms with Crippen LogP contribution < -0.4 is 30.0 Å². The molecule has 10 heteroatoms. The zero-order valence-electron chi connectivity index (χ0n) is 16.6. The zero-order chi connectivity index (χ0) is 21.4. The van der Waals surface area contributed by atoms with E-state index >= 15 is 0 Å². The molecular weight excluding hydrogens is 380 g/mol. The van der Waals surface area contributed by atoms with Gasteiger partial charge >= 0.3 is 0 Å². The highest BCUT2D eigenvalue weighted by atomic mass is 16.5. The van der Waals surface area contributed by atoms with Crippen LogP contribution in [0.15, 0.2) is 40.6 Å². The molecule has 2 aromatic carbocycles. The maximum absolute atomic E-state index is 12.0. The molecule has 0 saturated heterocycles.